The Morgan fingerprint density at radius 1 is 1.21 bits per heavy atom. The fourth-order valence-electron chi connectivity index (χ4n) is 5.48. The molecule has 126 valence electrons. The van der Waals surface area contributed by atoms with Crippen molar-refractivity contribution in [1.82, 2.24) is 0 Å². The van der Waals surface area contributed by atoms with Crippen molar-refractivity contribution in [3.8, 4) is 0 Å². The van der Waals surface area contributed by atoms with E-state index in [9.17, 15) is 9.59 Å². The molecule has 2 fully saturated rings. The summed E-state index contributed by atoms with van der Waals surface area (Å²) in [5.41, 5.74) is 2.32. The van der Waals surface area contributed by atoms with Gasteiger partial charge in [0.05, 0.1) is 17.9 Å². The van der Waals surface area contributed by atoms with E-state index in [2.05, 4.69) is 6.92 Å². The van der Waals surface area contributed by atoms with Crippen LogP contribution in [0.4, 0.5) is 0 Å². The van der Waals surface area contributed by atoms with Crippen molar-refractivity contribution in [2.75, 3.05) is 0 Å². The minimum Gasteiger partial charge on any atom is -0.472 e. The molecule has 0 unspecified atom stereocenters. The molecule has 24 heavy (non-hydrogen) atoms. The van der Waals surface area contributed by atoms with Crippen LogP contribution in [-0.2, 0) is 19.1 Å². The summed E-state index contributed by atoms with van der Waals surface area (Å²) in [6.07, 6.45) is 6.92. The van der Waals surface area contributed by atoms with E-state index in [1.54, 1.807) is 12.5 Å². The van der Waals surface area contributed by atoms with Crippen molar-refractivity contribution in [3.63, 3.8) is 0 Å². The lowest BCUT2D eigenvalue weighted by atomic mass is 9.54. The van der Waals surface area contributed by atoms with Crippen LogP contribution >= 0.6 is 0 Å². The normalized spacial score (nSPS) is 40.7. The molecule has 1 aromatic rings. The number of carbonyl (C=O) groups excluding carboxylic acids is 2. The topological polar surface area (TPSA) is 65.7 Å². The molecule has 1 saturated heterocycles. The zero-order valence-corrected chi connectivity index (χ0v) is 13.6. The molecule has 0 aromatic carbocycles. The first kappa shape index (κ1) is 14.3. The van der Waals surface area contributed by atoms with Crippen molar-refractivity contribution in [2.24, 2.45) is 17.3 Å². The van der Waals surface area contributed by atoms with Gasteiger partial charge < -0.3 is 13.9 Å². The first-order valence-electron chi connectivity index (χ1n) is 8.78. The Morgan fingerprint density at radius 2 is 2.08 bits per heavy atom. The number of cyclic esters (lactones) is 1. The van der Waals surface area contributed by atoms with Crippen LogP contribution in [0.1, 0.15) is 50.7 Å². The van der Waals surface area contributed by atoms with Crippen molar-refractivity contribution < 1.29 is 23.5 Å². The molecular formula is C19H20O5. The molecule has 2 aliphatic carbocycles. The summed E-state index contributed by atoms with van der Waals surface area (Å²) in [6, 6.07) is 1.86. The summed E-state index contributed by atoms with van der Waals surface area (Å²) in [6.45, 7) is 2.11. The molecule has 5 rings (SSSR count). The molecule has 3 heterocycles. The Bertz CT molecular complexity index is 746. The second kappa shape index (κ2) is 4.74. The second-order valence-corrected chi connectivity index (χ2v) is 7.60. The number of ether oxygens (including phenoxy) is 2. The number of hydrogen-bond acceptors (Lipinski definition) is 5. The van der Waals surface area contributed by atoms with Crippen molar-refractivity contribution >= 4 is 11.9 Å². The van der Waals surface area contributed by atoms with Gasteiger partial charge in [-0.05, 0) is 43.2 Å². The summed E-state index contributed by atoms with van der Waals surface area (Å²) in [5, 5.41) is 0. The van der Waals surface area contributed by atoms with E-state index in [1.165, 1.54) is 0 Å². The number of fused-ring (bicyclic) bond motifs is 1. The Balaban J connectivity index is 1.59. The quantitative estimate of drug-likeness (QED) is 0.740. The molecule has 2 aliphatic heterocycles. The fourth-order valence-corrected chi connectivity index (χ4v) is 5.48. The predicted molar refractivity (Wildman–Crippen MR) is 82.6 cm³/mol. The van der Waals surface area contributed by atoms with Gasteiger partial charge in [0, 0.05) is 23.5 Å². The molecule has 0 N–H and O–H groups in total. The van der Waals surface area contributed by atoms with Gasteiger partial charge in [-0.3, -0.25) is 4.79 Å². The molecule has 4 aliphatic rings. The maximum absolute atomic E-state index is 13.0. The van der Waals surface area contributed by atoms with E-state index >= 15 is 0 Å². The zero-order chi connectivity index (χ0) is 16.5. The maximum atomic E-state index is 13.0. The lowest BCUT2D eigenvalue weighted by molar-refractivity contribution is -0.156. The van der Waals surface area contributed by atoms with Gasteiger partial charge in [-0.2, -0.15) is 0 Å². The van der Waals surface area contributed by atoms with Gasteiger partial charge in [0.2, 0.25) is 0 Å². The molecule has 1 saturated carbocycles. The highest BCUT2D eigenvalue weighted by Gasteiger charge is 2.64. The van der Waals surface area contributed by atoms with Gasteiger partial charge in [0.15, 0.2) is 0 Å². The van der Waals surface area contributed by atoms with Gasteiger partial charge in [-0.1, -0.05) is 6.92 Å². The minimum absolute atomic E-state index is 0.0749. The van der Waals surface area contributed by atoms with Crippen LogP contribution in [0.25, 0.3) is 0 Å². The highest BCUT2D eigenvalue weighted by atomic mass is 16.6. The molecule has 0 radical (unpaired) electrons. The molecule has 0 bridgehead atoms. The highest BCUT2D eigenvalue weighted by Crippen LogP contribution is 2.62. The molecule has 1 spiro atoms. The highest BCUT2D eigenvalue weighted by molar-refractivity contribution is 5.93. The van der Waals surface area contributed by atoms with Crippen LogP contribution < -0.4 is 0 Å². The van der Waals surface area contributed by atoms with E-state index in [0.717, 1.165) is 36.0 Å². The van der Waals surface area contributed by atoms with Gasteiger partial charge >= 0.3 is 11.9 Å². The van der Waals surface area contributed by atoms with Crippen LogP contribution in [0, 0.1) is 17.3 Å². The number of rotatable bonds is 1. The van der Waals surface area contributed by atoms with E-state index in [4.69, 9.17) is 13.9 Å². The average molecular weight is 328 g/mol. The SMILES string of the molecule is C[C@@H]1C[C@H]2OC(=O)C3=C2[C@@H](CCC3)[C@@]12C[C@H](c1ccoc1)OC2=O. The summed E-state index contributed by atoms with van der Waals surface area (Å²) >= 11 is 0. The lowest BCUT2D eigenvalue weighted by Gasteiger charge is -2.47. The van der Waals surface area contributed by atoms with Crippen LogP contribution in [0.15, 0.2) is 34.2 Å². The first-order valence-corrected chi connectivity index (χ1v) is 8.78. The summed E-state index contributed by atoms with van der Waals surface area (Å²) in [5.74, 6) is -0.0730. The Hall–Kier alpha value is -2.04. The first-order chi connectivity index (χ1) is 11.6. The standard InChI is InChI=1S/C19H20O5/c1-10-7-14-16-12(17(20)23-14)3-2-4-13(16)19(10)8-15(24-18(19)21)11-5-6-22-9-11/h5-6,9-10,13-15H,2-4,7-8H2,1H3/t10-,13-,14-,15-,19-/m1/s1. The third kappa shape index (κ3) is 1.65. The molecule has 5 nitrogen and oxygen atoms in total. The third-order valence-electron chi connectivity index (χ3n) is 6.62. The van der Waals surface area contributed by atoms with E-state index < -0.39 is 5.41 Å². The van der Waals surface area contributed by atoms with Crippen LogP contribution in [0.2, 0.25) is 0 Å². The molecule has 5 atom stereocenters. The van der Waals surface area contributed by atoms with Crippen molar-refractivity contribution in [1.29, 1.82) is 0 Å². The smallest absolute Gasteiger partial charge is 0.334 e. The lowest BCUT2D eigenvalue weighted by Crippen LogP contribution is -2.49. The van der Waals surface area contributed by atoms with Crippen LogP contribution in [0.5, 0.6) is 0 Å². The number of furan rings is 1. The summed E-state index contributed by atoms with van der Waals surface area (Å²) in [4.78, 5) is 25.2. The maximum Gasteiger partial charge on any atom is 0.334 e. The van der Waals surface area contributed by atoms with Gasteiger partial charge in [-0.25, -0.2) is 4.79 Å². The predicted octanol–water partition coefficient (Wildman–Crippen LogP) is 3.32. The van der Waals surface area contributed by atoms with Gasteiger partial charge in [-0.15, -0.1) is 0 Å². The van der Waals surface area contributed by atoms with Crippen molar-refractivity contribution in [2.45, 2.75) is 51.2 Å². The van der Waals surface area contributed by atoms with E-state index in [0.29, 0.717) is 12.8 Å². The molecule has 5 heteroatoms. The van der Waals surface area contributed by atoms with Crippen LogP contribution in [0.3, 0.4) is 0 Å². The average Bonchev–Trinajstić information content (AvgIpc) is 3.26. The number of hydrogen-bond donors (Lipinski definition) is 0. The zero-order valence-electron chi connectivity index (χ0n) is 13.6. The van der Waals surface area contributed by atoms with Gasteiger partial charge in [0.25, 0.3) is 0 Å². The second-order valence-electron chi connectivity index (χ2n) is 7.60. The number of esters is 2. The van der Waals surface area contributed by atoms with E-state index in [1.807, 2.05) is 6.07 Å². The fraction of sp³-hybridized carbons (Fsp3) is 0.579. The number of carbonyl (C=O) groups is 2. The Labute approximate surface area is 140 Å². The largest absolute Gasteiger partial charge is 0.472 e. The van der Waals surface area contributed by atoms with E-state index in [-0.39, 0.29) is 36.0 Å². The Kier molecular flexibility index (Phi) is 2.83. The van der Waals surface area contributed by atoms with Gasteiger partial charge in [0.1, 0.15) is 12.2 Å². The van der Waals surface area contributed by atoms with Crippen molar-refractivity contribution in [3.05, 3.63) is 35.3 Å². The molecule has 0 amide bonds. The van der Waals surface area contributed by atoms with Crippen LogP contribution in [-0.4, -0.2) is 18.0 Å². The monoisotopic (exact) mass is 328 g/mol. The summed E-state index contributed by atoms with van der Waals surface area (Å²) in [7, 11) is 0. The molecular weight excluding hydrogens is 308 g/mol. The third-order valence-corrected chi connectivity index (χ3v) is 6.62. The summed E-state index contributed by atoms with van der Waals surface area (Å²) < 4.78 is 16.6. The minimum atomic E-state index is -0.534. The molecule has 1 aromatic heterocycles. The Morgan fingerprint density at radius 3 is 2.88 bits per heavy atom.